The molecule has 14 heteroatoms. The predicted molar refractivity (Wildman–Crippen MR) is 439 cm³/mol. The summed E-state index contributed by atoms with van der Waals surface area (Å²) < 4.78 is 29.7. The minimum Gasteiger partial charge on any atom is -0.457 e. The van der Waals surface area contributed by atoms with Crippen LogP contribution < -0.4 is 28.7 Å². The summed E-state index contributed by atoms with van der Waals surface area (Å²) in [7, 11) is 0. The van der Waals surface area contributed by atoms with Gasteiger partial charge < -0.3 is 18.9 Å². The van der Waals surface area contributed by atoms with Gasteiger partial charge in [0.25, 0.3) is 23.6 Å². The topological polar surface area (TPSA) is 180 Å². The van der Waals surface area contributed by atoms with Gasteiger partial charge in [-0.05, 0) is 141 Å². The monoisotopic (exact) mass is 1470 g/mol. The number of ketones is 4. The van der Waals surface area contributed by atoms with Crippen LogP contribution in [0.5, 0.6) is 46.0 Å². The van der Waals surface area contributed by atoms with Crippen molar-refractivity contribution in [2.75, 3.05) is 9.80 Å². The Morgan fingerprint density at radius 1 is 0.245 bits per heavy atom. The number of hydrogen-bond donors (Lipinski definition) is 0. The van der Waals surface area contributed by atoms with E-state index in [0.717, 1.165) is 32.1 Å². The first-order chi connectivity index (χ1) is 51.0. The molecule has 2 aliphatic rings. The SMILES string of the molecule is CC(C)(C)C(=O)c1cccc(C(=O)C(C)(C)C)c1N1C(=O)c2cc(Oc3ccc(C(C)(C)C)cc3)c3c4c(Oc5ccc(C(C)(C)C)cc5)cc5c6c(cc(Oc7ccc(C(C)(C)C)cc7)c(c7c(Oc8ccc(C(C)(C)C)cc8)cc(c2c37)C1=O)c64)C(=O)N(c1c(C(=O)C(C)(C)C)cccc1C(=O)C(C)(C)C)C5=O. The molecule has 0 atom stereocenters. The third-order valence-corrected chi connectivity index (χ3v) is 20.9. The average Bonchev–Trinajstić information content (AvgIpc) is 0.669. The van der Waals surface area contributed by atoms with Gasteiger partial charge in [0.1, 0.15) is 46.0 Å². The lowest BCUT2D eigenvalue weighted by molar-refractivity contribution is 0.0836. The highest BCUT2D eigenvalue weighted by atomic mass is 16.5. The quantitative estimate of drug-likeness (QED) is 0.0436. The van der Waals surface area contributed by atoms with Gasteiger partial charge >= 0.3 is 0 Å². The number of ether oxygens (including phenoxy) is 4. The second-order valence-corrected chi connectivity index (χ2v) is 37.8. The summed E-state index contributed by atoms with van der Waals surface area (Å²) in [6.45, 7) is 46.0. The Bertz CT molecular complexity index is 5050. The molecule has 564 valence electrons. The molecule has 2 aliphatic heterocycles. The summed E-state index contributed by atoms with van der Waals surface area (Å²) >= 11 is 0. The van der Waals surface area contributed by atoms with E-state index in [4.69, 9.17) is 18.9 Å². The van der Waals surface area contributed by atoms with Crippen molar-refractivity contribution >= 4 is 101 Å². The first-order valence-corrected chi connectivity index (χ1v) is 37.7. The number of Topliss-reactive ketones (excluding diaryl/α,β-unsaturated/α-hetero) is 4. The van der Waals surface area contributed by atoms with Crippen molar-refractivity contribution in [3.8, 4) is 46.0 Å². The zero-order valence-electron chi connectivity index (χ0n) is 67.8. The fourth-order valence-electron chi connectivity index (χ4n) is 14.8. The van der Waals surface area contributed by atoms with E-state index in [1.165, 1.54) is 0 Å². The number of carbonyl (C=O) groups excluding carboxylic acids is 8. The summed E-state index contributed by atoms with van der Waals surface area (Å²) in [6, 6.07) is 45.9. The number of carbonyl (C=O) groups is 8. The highest BCUT2D eigenvalue weighted by molar-refractivity contribution is 6.49. The second-order valence-electron chi connectivity index (χ2n) is 37.8. The first kappa shape index (κ1) is 77.1. The molecule has 0 aromatic heterocycles. The molecule has 110 heavy (non-hydrogen) atoms. The number of imide groups is 2. The molecular weight excluding hydrogens is 1370 g/mol. The predicted octanol–water partition coefficient (Wildman–Crippen LogP) is 24.6. The largest absolute Gasteiger partial charge is 0.457 e. The van der Waals surface area contributed by atoms with E-state index < -0.39 is 68.4 Å². The molecule has 11 aromatic rings. The van der Waals surface area contributed by atoms with Gasteiger partial charge in [-0.1, -0.05) is 227 Å². The molecule has 2 heterocycles. The number of amides is 4. The Kier molecular flexibility index (Phi) is 18.4. The fourth-order valence-corrected chi connectivity index (χ4v) is 14.8. The first-order valence-electron chi connectivity index (χ1n) is 37.7. The lowest BCUT2D eigenvalue weighted by atomic mass is 9.79. The smallest absolute Gasteiger partial charge is 0.266 e. The van der Waals surface area contributed by atoms with Gasteiger partial charge in [0.2, 0.25) is 0 Å². The van der Waals surface area contributed by atoms with Crippen molar-refractivity contribution in [3.63, 3.8) is 0 Å². The van der Waals surface area contributed by atoms with E-state index >= 15 is 38.4 Å². The standard InChI is InChI=1S/C96H98N2O12/c1-89(2,3)51-31-39-55(40-32-51)107-67-47-63-71-64(86(104)97(85(63)103)79-59(81(99)93(13,14)15)27-25-28-60(79)82(100)94(16,17)18)49-69(109-57-43-35-53(36-44-57)91(7,8)9)75-76-70(110-58-45-37-54(38-46-58)92(10,11)12)50-66-72-65(48-68(74(78(72)76)73(67)77(71)75)108-56-41-33-52(34-42-56)90(4,5)6)87(105)98(88(66)106)80-61(83(101)95(19,20)21)29-26-30-62(80)84(102)96(22,23)24/h25-50H,1-24H3. The van der Waals surface area contributed by atoms with Crippen LogP contribution in [0.4, 0.5) is 11.4 Å². The normalized spacial score (nSPS) is 14.0. The Labute approximate surface area is 644 Å². The van der Waals surface area contributed by atoms with Crippen molar-refractivity contribution in [1.82, 2.24) is 0 Å². The van der Waals surface area contributed by atoms with Crippen molar-refractivity contribution in [1.29, 1.82) is 0 Å². The molecule has 4 amide bonds. The van der Waals surface area contributed by atoms with Gasteiger partial charge in [-0.15, -0.1) is 0 Å². The average molecular weight is 1470 g/mol. The van der Waals surface area contributed by atoms with Crippen LogP contribution in [0.1, 0.15) is 271 Å². The molecule has 13 rings (SSSR count). The number of fused-ring (bicyclic) bond motifs is 2. The van der Waals surface area contributed by atoms with E-state index in [-0.39, 0.29) is 144 Å². The Hall–Kier alpha value is -11.1. The minimum atomic E-state index is -1.08. The van der Waals surface area contributed by atoms with Gasteiger partial charge in [0, 0.05) is 87.0 Å². The van der Waals surface area contributed by atoms with Gasteiger partial charge in [0.05, 0.1) is 33.6 Å². The number of anilines is 2. The van der Waals surface area contributed by atoms with Crippen LogP contribution in [-0.2, 0) is 21.7 Å². The van der Waals surface area contributed by atoms with Crippen LogP contribution >= 0.6 is 0 Å². The molecule has 11 aromatic carbocycles. The summed E-state index contributed by atoms with van der Waals surface area (Å²) in [5, 5.41) is 1.71. The zero-order chi connectivity index (χ0) is 80.3. The third-order valence-electron chi connectivity index (χ3n) is 20.9. The van der Waals surface area contributed by atoms with Crippen LogP contribution in [0.3, 0.4) is 0 Å². The van der Waals surface area contributed by atoms with E-state index in [2.05, 4.69) is 83.1 Å². The van der Waals surface area contributed by atoms with E-state index in [9.17, 15) is 0 Å². The van der Waals surface area contributed by atoms with Crippen molar-refractivity contribution in [2.45, 2.75) is 188 Å². The molecule has 0 radical (unpaired) electrons. The molecule has 0 saturated heterocycles. The molecule has 0 unspecified atom stereocenters. The molecular formula is C96H98N2O12. The van der Waals surface area contributed by atoms with E-state index in [1.807, 2.05) is 97.1 Å². The summed E-state index contributed by atoms with van der Waals surface area (Å²) in [5.41, 5.74) is -2.27. The van der Waals surface area contributed by atoms with Crippen molar-refractivity contribution in [2.24, 2.45) is 21.7 Å². The Morgan fingerprint density at radius 2 is 0.427 bits per heavy atom. The Morgan fingerprint density at radius 3 is 0.591 bits per heavy atom. The maximum absolute atomic E-state index is 16.9. The minimum absolute atomic E-state index is 0.0264. The lowest BCUT2D eigenvalue weighted by Gasteiger charge is -2.35. The van der Waals surface area contributed by atoms with Crippen molar-refractivity contribution < 1.29 is 57.3 Å². The molecule has 0 spiro atoms. The molecule has 0 N–H and O–H groups in total. The van der Waals surface area contributed by atoms with Gasteiger partial charge in [-0.3, -0.25) is 38.4 Å². The highest BCUT2D eigenvalue weighted by Gasteiger charge is 2.47. The maximum atomic E-state index is 16.9. The maximum Gasteiger partial charge on any atom is 0.266 e. The third kappa shape index (κ3) is 13.5. The van der Waals surface area contributed by atoms with Crippen LogP contribution in [0, 0.1) is 21.7 Å². The van der Waals surface area contributed by atoms with Gasteiger partial charge in [-0.25, -0.2) is 9.80 Å². The fraction of sp³-hybridized carbons (Fsp3) is 0.333. The number of rotatable bonds is 14. The van der Waals surface area contributed by atoms with Crippen LogP contribution in [0.25, 0.3) is 43.1 Å². The number of para-hydroxylation sites is 2. The number of benzene rings is 11. The highest BCUT2D eigenvalue weighted by Crippen LogP contribution is 2.59. The molecule has 0 fully saturated rings. The lowest BCUT2D eigenvalue weighted by Crippen LogP contribution is -2.43. The summed E-state index contributed by atoms with van der Waals surface area (Å²) in [5.74, 6) is -3.82. The molecule has 0 aliphatic carbocycles. The Balaban J connectivity index is 1.28. The van der Waals surface area contributed by atoms with Crippen LogP contribution in [0.15, 0.2) is 158 Å². The summed E-state index contributed by atoms with van der Waals surface area (Å²) in [6.07, 6.45) is 0. The summed E-state index contributed by atoms with van der Waals surface area (Å²) in [4.78, 5) is 130. The van der Waals surface area contributed by atoms with Gasteiger partial charge in [0.15, 0.2) is 23.1 Å². The number of nitrogens with zero attached hydrogens (tertiary/aromatic N) is 2. The zero-order valence-corrected chi connectivity index (χ0v) is 67.8. The number of hydrogen-bond acceptors (Lipinski definition) is 12. The van der Waals surface area contributed by atoms with E-state index in [1.54, 1.807) is 144 Å². The molecule has 0 saturated carbocycles. The molecule has 14 nitrogen and oxygen atoms in total. The molecule has 0 bridgehead atoms. The van der Waals surface area contributed by atoms with Crippen LogP contribution in [0.2, 0.25) is 0 Å². The van der Waals surface area contributed by atoms with Gasteiger partial charge in [-0.2, -0.15) is 0 Å². The second kappa shape index (κ2) is 26.3. The van der Waals surface area contributed by atoms with Crippen molar-refractivity contribution in [3.05, 3.63) is 224 Å². The van der Waals surface area contributed by atoms with Crippen LogP contribution in [-0.4, -0.2) is 46.8 Å². The van der Waals surface area contributed by atoms with E-state index in [0.29, 0.717) is 23.0 Å².